The van der Waals surface area contributed by atoms with Crippen LogP contribution in [0.4, 0.5) is 0 Å². The normalized spacial score (nSPS) is 17.1. The molecule has 0 amide bonds. The van der Waals surface area contributed by atoms with Crippen LogP contribution in [0, 0.1) is 5.92 Å². The smallest absolute Gasteiger partial charge is 0.303 e. The van der Waals surface area contributed by atoms with Crippen molar-refractivity contribution < 1.29 is 29.3 Å². The lowest BCUT2D eigenvalue weighted by Gasteiger charge is -2.36. The number of allylic oxidation sites excluding steroid dienone is 2. The van der Waals surface area contributed by atoms with Crippen LogP contribution in [0.5, 0.6) is 0 Å². The van der Waals surface area contributed by atoms with E-state index in [0.29, 0.717) is 25.4 Å². The van der Waals surface area contributed by atoms with E-state index >= 15 is 0 Å². The molecule has 1 rings (SSSR count). The van der Waals surface area contributed by atoms with Crippen molar-refractivity contribution in [2.45, 2.75) is 168 Å². The third-order valence-corrected chi connectivity index (χ3v) is 7.91. The molecule has 0 spiro atoms. The second-order valence-electron chi connectivity index (χ2n) is 12.4. The van der Waals surface area contributed by atoms with Crippen LogP contribution in [0.1, 0.15) is 162 Å². The molecule has 0 aromatic rings. The standard InChI is InChI=1S/C35H62O6/c1-4-5-20-27-40-35(41-29-30(2)3)26-25-31(21-16-12-8-6-10-14-18-23-33(36)37)32(28-35)22-17-13-9-7-11-15-19-24-34(38)39/h25-26,30H,4-24,27-29H2,1-3H3,(H,36,37)(H,38,39). The Morgan fingerprint density at radius 1 is 0.732 bits per heavy atom. The third-order valence-electron chi connectivity index (χ3n) is 7.91. The summed E-state index contributed by atoms with van der Waals surface area (Å²) in [5.41, 5.74) is 2.97. The van der Waals surface area contributed by atoms with E-state index in [2.05, 4.69) is 32.9 Å². The molecule has 0 aromatic heterocycles. The Bertz CT molecular complexity index is 756. The van der Waals surface area contributed by atoms with Gasteiger partial charge in [-0.2, -0.15) is 0 Å². The van der Waals surface area contributed by atoms with Crippen LogP contribution in [0.25, 0.3) is 0 Å². The van der Waals surface area contributed by atoms with Gasteiger partial charge in [0.1, 0.15) is 0 Å². The van der Waals surface area contributed by atoms with Crippen molar-refractivity contribution in [2.75, 3.05) is 13.2 Å². The first-order valence-corrected chi connectivity index (χ1v) is 16.9. The predicted octanol–water partition coefficient (Wildman–Crippen LogP) is 10.0. The van der Waals surface area contributed by atoms with Gasteiger partial charge in [0.15, 0.2) is 5.79 Å². The molecule has 2 N–H and O–H groups in total. The topological polar surface area (TPSA) is 93.1 Å². The lowest BCUT2D eigenvalue weighted by molar-refractivity contribution is -0.209. The Morgan fingerprint density at radius 3 is 1.76 bits per heavy atom. The molecular formula is C35H62O6. The monoisotopic (exact) mass is 578 g/mol. The SMILES string of the molecule is CCCCCOC1(OCC(C)C)C=CC(CCCCCCCCCC(=O)O)=C(CCCCCCCCCC(=O)O)C1. The number of carboxylic acids is 2. The summed E-state index contributed by atoms with van der Waals surface area (Å²) in [6.07, 6.45) is 27.0. The molecule has 0 aliphatic heterocycles. The molecule has 0 bridgehead atoms. The minimum absolute atomic E-state index is 0.290. The van der Waals surface area contributed by atoms with Crippen molar-refractivity contribution in [2.24, 2.45) is 5.92 Å². The van der Waals surface area contributed by atoms with Crippen LogP contribution in [-0.4, -0.2) is 41.2 Å². The van der Waals surface area contributed by atoms with Crippen molar-refractivity contribution in [3.05, 3.63) is 23.3 Å². The van der Waals surface area contributed by atoms with Gasteiger partial charge in [-0.15, -0.1) is 0 Å². The highest BCUT2D eigenvalue weighted by atomic mass is 16.7. The first kappa shape index (κ1) is 37.4. The molecule has 1 unspecified atom stereocenters. The van der Waals surface area contributed by atoms with E-state index in [1.54, 1.807) is 0 Å². The quantitative estimate of drug-likeness (QED) is 0.0709. The molecule has 0 saturated carbocycles. The summed E-state index contributed by atoms with van der Waals surface area (Å²) in [6.45, 7) is 8.01. The Balaban J connectivity index is 2.64. The molecular weight excluding hydrogens is 516 g/mol. The summed E-state index contributed by atoms with van der Waals surface area (Å²) in [5.74, 6) is -1.57. The molecule has 0 fully saturated rings. The van der Waals surface area contributed by atoms with Crippen molar-refractivity contribution in [3.63, 3.8) is 0 Å². The molecule has 1 aliphatic rings. The molecule has 1 atom stereocenters. The van der Waals surface area contributed by atoms with Crippen LogP contribution in [0.2, 0.25) is 0 Å². The zero-order valence-electron chi connectivity index (χ0n) is 26.7. The van der Waals surface area contributed by atoms with Crippen molar-refractivity contribution in [1.29, 1.82) is 0 Å². The Hall–Kier alpha value is -1.66. The maximum absolute atomic E-state index is 10.7. The fraction of sp³-hybridized carbons (Fsp3) is 0.829. The number of aliphatic carboxylic acids is 2. The van der Waals surface area contributed by atoms with Crippen LogP contribution >= 0.6 is 0 Å². The van der Waals surface area contributed by atoms with E-state index in [0.717, 1.165) is 70.8 Å². The second kappa shape index (κ2) is 23.9. The predicted molar refractivity (Wildman–Crippen MR) is 168 cm³/mol. The Morgan fingerprint density at radius 2 is 1.24 bits per heavy atom. The number of hydrogen-bond acceptors (Lipinski definition) is 4. The van der Waals surface area contributed by atoms with Crippen LogP contribution < -0.4 is 0 Å². The third kappa shape index (κ3) is 20.0. The molecule has 0 heterocycles. The van der Waals surface area contributed by atoms with E-state index in [-0.39, 0.29) is 0 Å². The summed E-state index contributed by atoms with van der Waals surface area (Å²) in [4.78, 5) is 21.3. The van der Waals surface area contributed by atoms with Crippen LogP contribution in [0.15, 0.2) is 23.3 Å². The van der Waals surface area contributed by atoms with Gasteiger partial charge in [-0.3, -0.25) is 9.59 Å². The number of ether oxygens (including phenoxy) is 2. The van der Waals surface area contributed by atoms with Gasteiger partial charge in [0, 0.05) is 19.3 Å². The van der Waals surface area contributed by atoms with E-state index in [1.807, 2.05) is 0 Å². The maximum Gasteiger partial charge on any atom is 0.303 e. The second-order valence-corrected chi connectivity index (χ2v) is 12.4. The van der Waals surface area contributed by atoms with Crippen molar-refractivity contribution >= 4 is 11.9 Å². The number of rotatable bonds is 28. The van der Waals surface area contributed by atoms with Crippen LogP contribution in [0.3, 0.4) is 0 Å². The minimum atomic E-state index is -0.689. The Kier molecular flexibility index (Phi) is 21.7. The molecule has 41 heavy (non-hydrogen) atoms. The fourth-order valence-corrected chi connectivity index (χ4v) is 5.44. The Labute approximate surface area is 251 Å². The van der Waals surface area contributed by atoms with Gasteiger partial charge in [-0.05, 0) is 62.5 Å². The van der Waals surface area contributed by atoms with Gasteiger partial charge < -0.3 is 19.7 Å². The highest BCUT2D eigenvalue weighted by Crippen LogP contribution is 2.36. The fourth-order valence-electron chi connectivity index (χ4n) is 5.44. The van der Waals surface area contributed by atoms with Gasteiger partial charge in [0.05, 0.1) is 13.2 Å². The average Bonchev–Trinajstić information content (AvgIpc) is 2.93. The van der Waals surface area contributed by atoms with Gasteiger partial charge in [-0.25, -0.2) is 0 Å². The number of carbonyl (C=O) groups is 2. The molecule has 0 saturated heterocycles. The van der Waals surface area contributed by atoms with Gasteiger partial charge in [0.25, 0.3) is 0 Å². The average molecular weight is 579 g/mol. The van der Waals surface area contributed by atoms with Gasteiger partial charge in [0.2, 0.25) is 0 Å². The zero-order chi connectivity index (χ0) is 30.2. The van der Waals surface area contributed by atoms with E-state index in [1.165, 1.54) is 75.4 Å². The largest absolute Gasteiger partial charge is 0.481 e. The van der Waals surface area contributed by atoms with Crippen molar-refractivity contribution in [1.82, 2.24) is 0 Å². The summed E-state index contributed by atoms with van der Waals surface area (Å²) in [6, 6.07) is 0. The first-order chi connectivity index (χ1) is 19.8. The number of carboxylic acid groups (broad SMARTS) is 2. The highest BCUT2D eigenvalue weighted by Gasteiger charge is 2.34. The summed E-state index contributed by atoms with van der Waals surface area (Å²) >= 11 is 0. The number of unbranched alkanes of at least 4 members (excludes halogenated alkanes) is 14. The molecule has 6 nitrogen and oxygen atoms in total. The maximum atomic E-state index is 10.7. The van der Waals surface area contributed by atoms with Gasteiger partial charge in [-0.1, -0.05) is 109 Å². The zero-order valence-corrected chi connectivity index (χ0v) is 26.7. The van der Waals surface area contributed by atoms with Crippen molar-refractivity contribution in [3.8, 4) is 0 Å². The first-order valence-electron chi connectivity index (χ1n) is 16.9. The van der Waals surface area contributed by atoms with Gasteiger partial charge >= 0.3 is 11.9 Å². The molecule has 1 aliphatic carbocycles. The summed E-state index contributed by atoms with van der Waals surface area (Å²) in [7, 11) is 0. The minimum Gasteiger partial charge on any atom is -0.481 e. The molecule has 6 heteroatoms. The van der Waals surface area contributed by atoms with E-state index < -0.39 is 17.7 Å². The summed E-state index contributed by atoms with van der Waals surface area (Å²) in [5, 5.41) is 17.6. The lowest BCUT2D eigenvalue weighted by atomic mass is 9.87. The van der Waals surface area contributed by atoms with E-state index in [4.69, 9.17) is 19.7 Å². The van der Waals surface area contributed by atoms with Crippen LogP contribution in [-0.2, 0) is 19.1 Å². The van der Waals surface area contributed by atoms with E-state index in [9.17, 15) is 9.59 Å². The molecule has 238 valence electrons. The number of hydrogen-bond donors (Lipinski definition) is 2. The summed E-state index contributed by atoms with van der Waals surface area (Å²) < 4.78 is 13.0. The molecule has 0 radical (unpaired) electrons. The highest BCUT2D eigenvalue weighted by molar-refractivity contribution is 5.66. The molecule has 0 aromatic carbocycles. The lowest BCUT2D eigenvalue weighted by Crippen LogP contribution is -2.38.